The maximum atomic E-state index is 12.2. The first-order valence-electron chi connectivity index (χ1n) is 8.13. The molecule has 0 spiro atoms. The highest BCUT2D eigenvalue weighted by Crippen LogP contribution is 2.15. The normalized spacial score (nSPS) is 15.2. The van der Waals surface area contributed by atoms with Crippen LogP contribution in [0, 0.1) is 0 Å². The summed E-state index contributed by atoms with van der Waals surface area (Å²) in [5, 5.41) is 3.57. The van der Waals surface area contributed by atoms with Crippen molar-refractivity contribution in [1.82, 2.24) is 10.2 Å². The molecule has 0 saturated carbocycles. The third-order valence-corrected chi connectivity index (χ3v) is 4.49. The van der Waals surface area contributed by atoms with Crippen molar-refractivity contribution >= 4 is 17.5 Å². The van der Waals surface area contributed by atoms with E-state index in [1.165, 1.54) is 5.56 Å². The molecule has 1 saturated heterocycles. The van der Waals surface area contributed by atoms with Crippen LogP contribution >= 0.6 is 11.6 Å². The lowest BCUT2D eigenvalue weighted by molar-refractivity contribution is 0.0342. The first-order chi connectivity index (χ1) is 11.7. The Morgan fingerprint density at radius 1 is 1.08 bits per heavy atom. The van der Waals surface area contributed by atoms with Gasteiger partial charge in [0.1, 0.15) is 0 Å². The number of morpholine rings is 1. The molecular formula is C19H21ClN2O2. The molecule has 1 heterocycles. The molecule has 1 aliphatic heterocycles. The van der Waals surface area contributed by atoms with Crippen LogP contribution in [0.5, 0.6) is 0 Å². The summed E-state index contributed by atoms with van der Waals surface area (Å²) in [5.74, 6) is -0.0900. The van der Waals surface area contributed by atoms with E-state index < -0.39 is 0 Å². The smallest absolute Gasteiger partial charge is 0.251 e. The fourth-order valence-corrected chi connectivity index (χ4v) is 2.90. The van der Waals surface area contributed by atoms with Gasteiger partial charge in [-0.25, -0.2) is 0 Å². The molecule has 5 heteroatoms. The van der Waals surface area contributed by atoms with Crippen LogP contribution < -0.4 is 5.32 Å². The standard InChI is InChI=1S/C19H21ClN2O2/c20-18-4-2-1-3-17(18)13-21-19(23)16-7-5-15(6-8-16)14-22-9-11-24-12-10-22/h1-8H,9-14H2,(H,21,23). The van der Waals surface area contributed by atoms with Gasteiger partial charge in [-0.15, -0.1) is 0 Å². The molecule has 0 unspecified atom stereocenters. The van der Waals surface area contributed by atoms with Crippen LogP contribution in [0.1, 0.15) is 21.5 Å². The predicted molar refractivity (Wildman–Crippen MR) is 95.2 cm³/mol. The average Bonchev–Trinajstić information content (AvgIpc) is 2.62. The zero-order chi connectivity index (χ0) is 16.8. The number of rotatable bonds is 5. The second-order valence-electron chi connectivity index (χ2n) is 5.86. The number of nitrogens with zero attached hydrogens (tertiary/aromatic N) is 1. The van der Waals surface area contributed by atoms with Crippen molar-refractivity contribution in [3.8, 4) is 0 Å². The summed E-state index contributed by atoms with van der Waals surface area (Å²) < 4.78 is 5.36. The maximum absolute atomic E-state index is 12.2. The van der Waals surface area contributed by atoms with Gasteiger partial charge in [0.2, 0.25) is 0 Å². The Kier molecular flexibility index (Phi) is 5.86. The molecule has 1 aliphatic rings. The van der Waals surface area contributed by atoms with Crippen molar-refractivity contribution < 1.29 is 9.53 Å². The van der Waals surface area contributed by atoms with E-state index in [4.69, 9.17) is 16.3 Å². The monoisotopic (exact) mass is 344 g/mol. The van der Waals surface area contributed by atoms with E-state index in [0.29, 0.717) is 17.1 Å². The first kappa shape index (κ1) is 17.0. The van der Waals surface area contributed by atoms with Gasteiger partial charge in [0.05, 0.1) is 13.2 Å². The van der Waals surface area contributed by atoms with Gasteiger partial charge < -0.3 is 10.1 Å². The van der Waals surface area contributed by atoms with Crippen LogP contribution in [0.4, 0.5) is 0 Å². The Labute approximate surface area is 147 Å². The number of carbonyl (C=O) groups is 1. The molecule has 0 atom stereocenters. The highest BCUT2D eigenvalue weighted by atomic mass is 35.5. The Bertz CT molecular complexity index is 682. The van der Waals surface area contributed by atoms with Crippen molar-refractivity contribution in [3.63, 3.8) is 0 Å². The Balaban J connectivity index is 1.54. The zero-order valence-corrected chi connectivity index (χ0v) is 14.3. The third-order valence-electron chi connectivity index (χ3n) is 4.12. The predicted octanol–water partition coefficient (Wildman–Crippen LogP) is 3.10. The fraction of sp³-hybridized carbons (Fsp3) is 0.316. The van der Waals surface area contributed by atoms with Crippen molar-refractivity contribution in [2.75, 3.05) is 26.3 Å². The van der Waals surface area contributed by atoms with E-state index in [9.17, 15) is 4.79 Å². The minimum absolute atomic E-state index is 0.0900. The number of amides is 1. The summed E-state index contributed by atoms with van der Waals surface area (Å²) in [6.45, 7) is 4.82. The highest BCUT2D eigenvalue weighted by molar-refractivity contribution is 6.31. The maximum Gasteiger partial charge on any atom is 0.251 e. The van der Waals surface area contributed by atoms with Gasteiger partial charge in [-0.2, -0.15) is 0 Å². The molecule has 126 valence electrons. The number of nitrogens with one attached hydrogen (secondary N) is 1. The van der Waals surface area contributed by atoms with Gasteiger partial charge in [0.25, 0.3) is 5.91 Å². The number of benzene rings is 2. The van der Waals surface area contributed by atoms with Crippen molar-refractivity contribution in [3.05, 3.63) is 70.2 Å². The van der Waals surface area contributed by atoms with Gasteiger partial charge in [-0.1, -0.05) is 41.9 Å². The Morgan fingerprint density at radius 3 is 2.50 bits per heavy atom. The Morgan fingerprint density at radius 2 is 1.79 bits per heavy atom. The molecule has 0 aromatic heterocycles. The molecule has 0 aliphatic carbocycles. The summed E-state index contributed by atoms with van der Waals surface area (Å²) in [6.07, 6.45) is 0. The summed E-state index contributed by atoms with van der Waals surface area (Å²) >= 11 is 6.10. The molecule has 1 N–H and O–H groups in total. The third kappa shape index (κ3) is 4.57. The summed E-state index contributed by atoms with van der Waals surface area (Å²) in [5.41, 5.74) is 2.78. The van der Waals surface area contributed by atoms with Gasteiger partial charge in [0.15, 0.2) is 0 Å². The fourth-order valence-electron chi connectivity index (χ4n) is 2.70. The first-order valence-corrected chi connectivity index (χ1v) is 8.51. The quantitative estimate of drug-likeness (QED) is 0.906. The molecule has 3 rings (SSSR count). The lowest BCUT2D eigenvalue weighted by Crippen LogP contribution is -2.35. The van der Waals surface area contributed by atoms with Crippen LogP contribution in [-0.2, 0) is 17.8 Å². The number of carbonyl (C=O) groups excluding carboxylic acids is 1. The number of hydrogen-bond acceptors (Lipinski definition) is 3. The lowest BCUT2D eigenvalue weighted by Gasteiger charge is -2.26. The van der Waals surface area contributed by atoms with Crippen LogP contribution in [0.25, 0.3) is 0 Å². The summed E-state index contributed by atoms with van der Waals surface area (Å²) in [4.78, 5) is 14.6. The van der Waals surface area contributed by atoms with Crippen molar-refractivity contribution in [2.24, 2.45) is 0 Å². The van der Waals surface area contributed by atoms with Crippen molar-refractivity contribution in [1.29, 1.82) is 0 Å². The SMILES string of the molecule is O=C(NCc1ccccc1Cl)c1ccc(CN2CCOCC2)cc1. The number of halogens is 1. The molecule has 1 fully saturated rings. The molecule has 2 aromatic rings. The van der Waals surface area contributed by atoms with Crippen LogP contribution in [0.3, 0.4) is 0 Å². The minimum atomic E-state index is -0.0900. The van der Waals surface area contributed by atoms with Crippen LogP contribution in [-0.4, -0.2) is 37.1 Å². The Hall–Kier alpha value is -1.88. The topological polar surface area (TPSA) is 41.6 Å². The molecule has 0 radical (unpaired) electrons. The molecule has 24 heavy (non-hydrogen) atoms. The number of hydrogen-bond donors (Lipinski definition) is 1. The largest absolute Gasteiger partial charge is 0.379 e. The molecular weight excluding hydrogens is 324 g/mol. The van der Waals surface area contributed by atoms with Gasteiger partial charge in [0, 0.05) is 36.8 Å². The van der Waals surface area contributed by atoms with E-state index in [1.807, 2.05) is 48.5 Å². The second-order valence-corrected chi connectivity index (χ2v) is 6.27. The number of ether oxygens (including phenoxy) is 1. The van der Waals surface area contributed by atoms with Crippen molar-refractivity contribution in [2.45, 2.75) is 13.1 Å². The lowest BCUT2D eigenvalue weighted by atomic mass is 10.1. The van der Waals surface area contributed by atoms with Gasteiger partial charge in [-0.3, -0.25) is 9.69 Å². The second kappa shape index (κ2) is 8.29. The van der Waals surface area contributed by atoms with E-state index in [0.717, 1.165) is 38.4 Å². The summed E-state index contributed by atoms with van der Waals surface area (Å²) in [7, 11) is 0. The van der Waals surface area contributed by atoms with Gasteiger partial charge in [-0.05, 0) is 29.3 Å². The zero-order valence-electron chi connectivity index (χ0n) is 13.5. The molecule has 4 nitrogen and oxygen atoms in total. The molecule has 0 bridgehead atoms. The van der Waals surface area contributed by atoms with E-state index >= 15 is 0 Å². The van der Waals surface area contributed by atoms with Gasteiger partial charge >= 0.3 is 0 Å². The molecule has 2 aromatic carbocycles. The average molecular weight is 345 g/mol. The minimum Gasteiger partial charge on any atom is -0.379 e. The van der Waals surface area contributed by atoms with E-state index in [-0.39, 0.29) is 5.91 Å². The summed E-state index contributed by atoms with van der Waals surface area (Å²) in [6, 6.07) is 15.3. The van der Waals surface area contributed by atoms with Crippen LogP contribution in [0.15, 0.2) is 48.5 Å². The molecule has 1 amide bonds. The van der Waals surface area contributed by atoms with E-state index in [2.05, 4.69) is 10.2 Å². The highest BCUT2D eigenvalue weighted by Gasteiger charge is 2.11. The van der Waals surface area contributed by atoms with Crippen LogP contribution in [0.2, 0.25) is 5.02 Å². The van der Waals surface area contributed by atoms with E-state index in [1.54, 1.807) is 0 Å².